The zero-order chi connectivity index (χ0) is 15.2. The minimum absolute atomic E-state index is 0.144. The number of carboxylic acids is 1. The van der Waals surface area contributed by atoms with Gasteiger partial charge in [0.2, 0.25) is 5.91 Å². The van der Waals surface area contributed by atoms with Gasteiger partial charge in [0.05, 0.1) is 18.1 Å². The SMILES string of the molecule is O=C(O)CN(CC1CC1)C(=O)CCOc1ccccc1Cl. The fourth-order valence-electron chi connectivity index (χ4n) is 2.00. The van der Waals surface area contributed by atoms with Crippen LogP contribution in [0.5, 0.6) is 5.75 Å². The Bertz CT molecular complexity index is 516. The lowest BCUT2D eigenvalue weighted by Crippen LogP contribution is -2.37. The van der Waals surface area contributed by atoms with Gasteiger partial charge in [-0.15, -0.1) is 0 Å². The summed E-state index contributed by atoms with van der Waals surface area (Å²) in [5, 5.41) is 9.35. The fraction of sp³-hybridized carbons (Fsp3) is 0.467. The zero-order valence-electron chi connectivity index (χ0n) is 11.6. The maximum atomic E-state index is 12.1. The Morgan fingerprint density at radius 3 is 2.67 bits per heavy atom. The molecule has 0 saturated heterocycles. The van der Waals surface area contributed by atoms with Gasteiger partial charge < -0.3 is 14.7 Å². The highest BCUT2D eigenvalue weighted by Crippen LogP contribution is 2.30. The van der Waals surface area contributed by atoms with Crippen LogP contribution in [-0.2, 0) is 9.59 Å². The quantitative estimate of drug-likeness (QED) is 0.800. The predicted molar refractivity (Wildman–Crippen MR) is 78.5 cm³/mol. The molecular formula is C15H18ClNO4. The normalized spacial score (nSPS) is 13.8. The second-order valence-electron chi connectivity index (χ2n) is 5.14. The van der Waals surface area contributed by atoms with Crippen LogP contribution in [0.4, 0.5) is 0 Å². The molecule has 0 heterocycles. The summed E-state index contributed by atoms with van der Waals surface area (Å²) >= 11 is 5.95. The van der Waals surface area contributed by atoms with Crippen LogP contribution < -0.4 is 4.74 Å². The van der Waals surface area contributed by atoms with Crippen molar-refractivity contribution in [3.63, 3.8) is 0 Å². The van der Waals surface area contributed by atoms with E-state index in [4.69, 9.17) is 21.4 Å². The molecule has 5 nitrogen and oxygen atoms in total. The number of carbonyl (C=O) groups excluding carboxylic acids is 1. The van der Waals surface area contributed by atoms with E-state index in [9.17, 15) is 9.59 Å². The summed E-state index contributed by atoms with van der Waals surface area (Å²) in [4.78, 5) is 24.3. The van der Waals surface area contributed by atoms with Crippen molar-refractivity contribution in [3.05, 3.63) is 29.3 Å². The molecule has 1 aromatic carbocycles. The Balaban J connectivity index is 1.80. The molecular weight excluding hydrogens is 294 g/mol. The molecule has 6 heteroatoms. The lowest BCUT2D eigenvalue weighted by atomic mass is 10.3. The number of ether oxygens (including phenoxy) is 1. The van der Waals surface area contributed by atoms with Crippen molar-refractivity contribution >= 4 is 23.5 Å². The number of halogens is 1. The fourth-order valence-corrected chi connectivity index (χ4v) is 2.19. The smallest absolute Gasteiger partial charge is 0.323 e. The third kappa shape index (κ3) is 5.27. The topological polar surface area (TPSA) is 66.8 Å². The van der Waals surface area contributed by atoms with Crippen LogP contribution in [0.25, 0.3) is 0 Å². The Morgan fingerprint density at radius 1 is 1.33 bits per heavy atom. The molecule has 0 unspecified atom stereocenters. The van der Waals surface area contributed by atoms with Crippen LogP contribution in [0.15, 0.2) is 24.3 Å². The number of benzene rings is 1. The van der Waals surface area contributed by atoms with Crippen LogP contribution in [0.2, 0.25) is 5.02 Å². The molecule has 0 spiro atoms. The van der Waals surface area contributed by atoms with Crippen molar-refractivity contribution in [1.82, 2.24) is 4.90 Å². The summed E-state index contributed by atoms with van der Waals surface area (Å²) in [6.45, 7) is 0.460. The number of nitrogens with zero attached hydrogens (tertiary/aromatic N) is 1. The Kier molecular flexibility index (Phi) is 5.44. The molecule has 1 fully saturated rings. The van der Waals surface area contributed by atoms with Gasteiger partial charge in [0, 0.05) is 6.54 Å². The average Bonchev–Trinajstić information content (AvgIpc) is 3.23. The van der Waals surface area contributed by atoms with Gasteiger partial charge in [-0.1, -0.05) is 23.7 Å². The lowest BCUT2D eigenvalue weighted by Gasteiger charge is -2.20. The first kappa shape index (κ1) is 15.6. The van der Waals surface area contributed by atoms with Gasteiger partial charge in [0.1, 0.15) is 12.3 Å². The largest absolute Gasteiger partial charge is 0.491 e. The summed E-state index contributed by atoms with van der Waals surface area (Å²) in [7, 11) is 0. The third-order valence-corrected chi connectivity index (χ3v) is 3.58. The molecule has 1 saturated carbocycles. The zero-order valence-corrected chi connectivity index (χ0v) is 12.4. The highest BCUT2D eigenvalue weighted by atomic mass is 35.5. The van der Waals surface area contributed by atoms with Gasteiger partial charge in [-0.25, -0.2) is 0 Å². The van der Waals surface area contributed by atoms with Crippen LogP contribution in [-0.4, -0.2) is 41.6 Å². The molecule has 0 bridgehead atoms. The summed E-state index contributed by atoms with van der Waals surface area (Å²) in [6, 6.07) is 7.03. The Hall–Kier alpha value is -1.75. The first-order valence-electron chi connectivity index (χ1n) is 6.93. The standard InChI is InChI=1S/C15H18ClNO4/c16-12-3-1-2-4-13(12)21-8-7-14(18)17(10-15(19)20)9-11-5-6-11/h1-4,11H,5-10H2,(H,19,20). The van der Waals surface area contributed by atoms with E-state index in [1.54, 1.807) is 24.3 Å². The number of amides is 1. The molecule has 114 valence electrons. The number of aliphatic carboxylic acids is 1. The van der Waals surface area contributed by atoms with Crippen LogP contribution >= 0.6 is 11.6 Å². The Morgan fingerprint density at radius 2 is 2.05 bits per heavy atom. The van der Waals surface area contributed by atoms with Gasteiger partial charge in [0.15, 0.2) is 0 Å². The van der Waals surface area contributed by atoms with Gasteiger partial charge >= 0.3 is 5.97 Å². The first-order valence-corrected chi connectivity index (χ1v) is 7.31. The van der Waals surface area contributed by atoms with E-state index in [1.807, 2.05) is 0 Å². The van der Waals surface area contributed by atoms with Gasteiger partial charge in [-0.3, -0.25) is 9.59 Å². The lowest BCUT2D eigenvalue weighted by molar-refractivity contribution is -0.144. The Labute approximate surface area is 128 Å². The number of carbonyl (C=O) groups is 2. The second-order valence-corrected chi connectivity index (χ2v) is 5.55. The van der Waals surface area contributed by atoms with Crippen molar-refractivity contribution in [3.8, 4) is 5.75 Å². The van der Waals surface area contributed by atoms with Crippen LogP contribution in [0, 0.1) is 5.92 Å². The first-order chi connectivity index (χ1) is 10.1. The molecule has 21 heavy (non-hydrogen) atoms. The molecule has 0 aromatic heterocycles. The van der Waals surface area contributed by atoms with E-state index in [0.29, 0.717) is 23.2 Å². The number of carboxylic acid groups (broad SMARTS) is 1. The average molecular weight is 312 g/mol. The molecule has 1 aromatic rings. The predicted octanol–water partition coefficient (Wildman–Crippen LogP) is 2.43. The number of para-hydroxylation sites is 1. The second kappa shape index (κ2) is 7.31. The highest BCUT2D eigenvalue weighted by molar-refractivity contribution is 6.32. The molecule has 2 rings (SSSR count). The van der Waals surface area contributed by atoms with Crippen molar-refractivity contribution in [2.24, 2.45) is 5.92 Å². The minimum atomic E-state index is -0.990. The van der Waals surface area contributed by atoms with Crippen molar-refractivity contribution in [2.45, 2.75) is 19.3 Å². The van der Waals surface area contributed by atoms with E-state index >= 15 is 0 Å². The van der Waals surface area contributed by atoms with Crippen LogP contribution in [0.3, 0.4) is 0 Å². The molecule has 1 aliphatic carbocycles. The molecule has 1 amide bonds. The minimum Gasteiger partial charge on any atom is -0.491 e. The third-order valence-electron chi connectivity index (χ3n) is 3.26. The number of hydrogen-bond donors (Lipinski definition) is 1. The monoisotopic (exact) mass is 311 g/mol. The van der Waals surface area contributed by atoms with Crippen LogP contribution in [0.1, 0.15) is 19.3 Å². The van der Waals surface area contributed by atoms with E-state index in [1.165, 1.54) is 4.90 Å². The molecule has 1 N–H and O–H groups in total. The van der Waals surface area contributed by atoms with Gasteiger partial charge in [-0.05, 0) is 30.9 Å². The van der Waals surface area contributed by atoms with E-state index in [-0.39, 0.29) is 25.5 Å². The molecule has 1 aliphatic rings. The van der Waals surface area contributed by atoms with E-state index in [2.05, 4.69) is 0 Å². The summed E-state index contributed by atoms with van der Waals surface area (Å²) in [5.41, 5.74) is 0. The molecule has 0 radical (unpaired) electrons. The van der Waals surface area contributed by atoms with E-state index < -0.39 is 5.97 Å². The number of hydrogen-bond acceptors (Lipinski definition) is 3. The van der Waals surface area contributed by atoms with Crippen molar-refractivity contribution in [1.29, 1.82) is 0 Å². The van der Waals surface area contributed by atoms with Crippen molar-refractivity contribution < 1.29 is 19.4 Å². The molecule has 0 aliphatic heterocycles. The number of rotatable bonds is 8. The van der Waals surface area contributed by atoms with E-state index in [0.717, 1.165) is 12.8 Å². The van der Waals surface area contributed by atoms with Crippen molar-refractivity contribution in [2.75, 3.05) is 19.7 Å². The summed E-state index contributed by atoms with van der Waals surface area (Å²) in [5.74, 6) is -0.205. The summed E-state index contributed by atoms with van der Waals surface area (Å²) in [6.07, 6.45) is 2.28. The maximum absolute atomic E-state index is 12.1. The van der Waals surface area contributed by atoms with Gasteiger partial charge in [0.25, 0.3) is 0 Å². The molecule has 0 atom stereocenters. The van der Waals surface area contributed by atoms with Gasteiger partial charge in [-0.2, -0.15) is 0 Å². The highest BCUT2D eigenvalue weighted by Gasteiger charge is 2.27. The summed E-state index contributed by atoms with van der Waals surface area (Å²) < 4.78 is 5.46. The maximum Gasteiger partial charge on any atom is 0.323 e.